The summed E-state index contributed by atoms with van der Waals surface area (Å²) in [7, 11) is 0. The van der Waals surface area contributed by atoms with Crippen LogP contribution in [0.5, 0.6) is 5.75 Å². The highest BCUT2D eigenvalue weighted by atomic mass is 16.6. The van der Waals surface area contributed by atoms with Gasteiger partial charge in [-0.25, -0.2) is 9.59 Å². The van der Waals surface area contributed by atoms with Crippen molar-refractivity contribution in [2.45, 2.75) is 32.8 Å². The van der Waals surface area contributed by atoms with E-state index in [1.54, 1.807) is 60.7 Å². The number of ether oxygens (including phenoxy) is 2. The lowest BCUT2D eigenvalue weighted by Gasteiger charge is -2.34. The first-order valence-electron chi connectivity index (χ1n) is 10.5. The van der Waals surface area contributed by atoms with E-state index in [0.29, 0.717) is 29.7 Å². The Labute approximate surface area is 192 Å². The molecule has 0 heterocycles. The van der Waals surface area contributed by atoms with Crippen LogP contribution in [0.1, 0.15) is 48.7 Å². The summed E-state index contributed by atoms with van der Waals surface area (Å²) in [6, 6.07) is 15.2. The van der Waals surface area contributed by atoms with Gasteiger partial charge in [0.05, 0.1) is 6.61 Å². The average Bonchev–Trinajstić information content (AvgIpc) is 2.79. The van der Waals surface area contributed by atoms with E-state index in [9.17, 15) is 14.4 Å². The third-order valence-electron chi connectivity index (χ3n) is 4.94. The molecular weight excluding hydrogens is 426 g/mol. The van der Waals surface area contributed by atoms with Gasteiger partial charge in [-0.15, -0.1) is 0 Å². The molecular formula is C25H29NO7. The molecule has 176 valence electrons. The number of hydrogen-bond acceptors (Lipinski definition) is 6. The van der Waals surface area contributed by atoms with Crippen LogP contribution >= 0.6 is 0 Å². The van der Waals surface area contributed by atoms with Gasteiger partial charge in [-0.1, -0.05) is 50.3 Å². The molecule has 0 aliphatic rings. The first kappa shape index (κ1) is 25.6. The molecule has 8 nitrogen and oxygen atoms in total. The number of aliphatic hydroxyl groups is 1. The average molecular weight is 456 g/mol. The van der Waals surface area contributed by atoms with Gasteiger partial charge in [0.1, 0.15) is 18.5 Å². The second-order valence-electron chi connectivity index (χ2n) is 8.01. The van der Waals surface area contributed by atoms with Crippen LogP contribution in [-0.2, 0) is 9.53 Å². The molecule has 1 atom stereocenters. The highest BCUT2D eigenvalue weighted by Gasteiger charge is 2.34. The number of benzene rings is 2. The third-order valence-corrected chi connectivity index (χ3v) is 4.94. The zero-order valence-electron chi connectivity index (χ0n) is 18.7. The quantitative estimate of drug-likeness (QED) is 0.436. The molecule has 2 aromatic carbocycles. The van der Waals surface area contributed by atoms with Crippen LogP contribution in [-0.4, -0.2) is 41.4 Å². The summed E-state index contributed by atoms with van der Waals surface area (Å²) in [6.45, 7) is 3.84. The molecule has 0 radical (unpaired) electrons. The fraction of sp³-hybridized carbons (Fsp3) is 0.320. The summed E-state index contributed by atoms with van der Waals surface area (Å²) in [4.78, 5) is 35.6. The maximum Gasteiger partial charge on any atom is 0.414 e. The van der Waals surface area contributed by atoms with Crippen LogP contribution in [0, 0.1) is 5.41 Å². The Bertz CT molecular complexity index is 952. The molecule has 8 heteroatoms. The fourth-order valence-corrected chi connectivity index (χ4v) is 3.24. The van der Waals surface area contributed by atoms with Crippen molar-refractivity contribution in [3.63, 3.8) is 0 Å². The van der Waals surface area contributed by atoms with E-state index in [-0.39, 0.29) is 13.2 Å². The first-order chi connectivity index (χ1) is 15.7. The van der Waals surface area contributed by atoms with Gasteiger partial charge >= 0.3 is 12.1 Å². The lowest BCUT2D eigenvalue weighted by Crippen LogP contribution is -2.35. The number of nitrogens with one attached hydrogen (secondary N) is 1. The number of aliphatic carboxylic acids is 1. The molecule has 2 amide bonds. The summed E-state index contributed by atoms with van der Waals surface area (Å²) < 4.78 is 11.1. The monoisotopic (exact) mass is 455 g/mol. The number of imide groups is 1. The van der Waals surface area contributed by atoms with Gasteiger partial charge < -0.3 is 19.7 Å². The Hall–Kier alpha value is -3.65. The molecule has 0 saturated heterocycles. The second kappa shape index (κ2) is 12.4. The van der Waals surface area contributed by atoms with Crippen LogP contribution in [0.15, 0.2) is 66.7 Å². The number of hydrogen-bond donors (Lipinski definition) is 3. The van der Waals surface area contributed by atoms with Gasteiger partial charge in [-0.3, -0.25) is 10.1 Å². The number of allylic oxidation sites excluding steroid dienone is 1. The van der Waals surface area contributed by atoms with E-state index in [0.717, 1.165) is 6.08 Å². The molecule has 0 aliphatic heterocycles. The molecule has 0 bridgehead atoms. The Kier molecular flexibility index (Phi) is 9.62. The summed E-state index contributed by atoms with van der Waals surface area (Å²) in [5.41, 5.74) is 0.416. The Morgan fingerprint density at radius 3 is 2.33 bits per heavy atom. The van der Waals surface area contributed by atoms with Gasteiger partial charge in [0.15, 0.2) is 0 Å². The first-order valence-corrected chi connectivity index (χ1v) is 10.5. The van der Waals surface area contributed by atoms with Crippen molar-refractivity contribution in [1.82, 2.24) is 5.32 Å². The van der Waals surface area contributed by atoms with Crippen molar-refractivity contribution in [2.75, 3.05) is 13.2 Å². The van der Waals surface area contributed by atoms with Crippen molar-refractivity contribution in [2.24, 2.45) is 5.41 Å². The minimum absolute atomic E-state index is 0.111. The van der Waals surface area contributed by atoms with Crippen molar-refractivity contribution in [3.8, 4) is 5.75 Å². The Balaban J connectivity index is 2.19. The number of amides is 2. The van der Waals surface area contributed by atoms with E-state index in [2.05, 4.69) is 5.32 Å². The standard InChI is InChI=1S/C25H29NO7/c1-25(2,15-7-6-10-21(28)29)22(18-11-13-20(14-12-18)32-17-16-27)33-24(31)26-23(30)19-8-4-3-5-9-19/h3-6,8-14,22,27H,7,15-17H2,1-2H3,(H,28,29)(H,26,30,31)/b10-6+/t22-/m1/s1. The topological polar surface area (TPSA) is 122 Å². The van der Waals surface area contributed by atoms with E-state index >= 15 is 0 Å². The van der Waals surface area contributed by atoms with Gasteiger partial charge in [0.2, 0.25) is 0 Å². The zero-order chi connectivity index (χ0) is 24.3. The maximum atomic E-state index is 12.6. The normalized spacial score (nSPS) is 12.2. The molecule has 33 heavy (non-hydrogen) atoms. The van der Waals surface area contributed by atoms with Gasteiger partial charge in [0.25, 0.3) is 5.91 Å². The van der Waals surface area contributed by atoms with E-state index in [1.807, 2.05) is 13.8 Å². The third kappa shape index (κ3) is 8.42. The van der Waals surface area contributed by atoms with E-state index < -0.39 is 29.5 Å². The van der Waals surface area contributed by atoms with Gasteiger partial charge in [0, 0.05) is 17.1 Å². The van der Waals surface area contributed by atoms with E-state index in [1.165, 1.54) is 0 Å². The second-order valence-corrected chi connectivity index (χ2v) is 8.01. The van der Waals surface area contributed by atoms with Crippen LogP contribution in [0.25, 0.3) is 0 Å². The molecule has 3 N–H and O–H groups in total. The summed E-state index contributed by atoms with van der Waals surface area (Å²) in [6.07, 6.45) is 1.98. The molecule has 2 rings (SSSR count). The SMILES string of the molecule is CC(C)(CC/C=C/C(=O)O)[C@H](OC(=O)NC(=O)c1ccccc1)c1ccc(OCCO)cc1. The number of carboxylic acid groups (broad SMARTS) is 1. The number of carbonyl (C=O) groups excluding carboxylic acids is 2. The lowest BCUT2D eigenvalue weighted by molar-refractivity contribution is -0.131. The van der Waals surface area contributed by atoms with Crippen LogP contribution < -0.4 is 10.1 Å². The van der Waals surface area contributed by atoms with Gasteiger partial charge in [-0.05, 0) is 42.7 Å². The molecule has 0 saturated carbocycles. The Morgan fingerprint density at radius 2 is 1.73 bits per heavy atom. The predicted octanol–water partition coefficient (Wildman–Crippen LogP) is 4.11. The largest absolute Gasteiger partial charge is 0.491 e. The molecule has 0 aliphatic carbocycles. The molecule has 0 fully saturated rings. The number of carboxylic acids is 1. The van der Waals surface area contributed by atoms with Crippen molar-refractivity contribution >= 4 is 18.0 Å². The highest BCUT2D eigenvalue weighted by molar-refractivity contribution is 6.02. The minimum Gasteiger partial charge on any atom is -0.491 e. The fourth-order valence-electron chi connectivity index (χ4n) is 3.24. The Morgan fingerprint density at radius 1 is 1.06 bits per heavy atom. The minimum atomic E-state index is -1.03. The summed E-state index contributed by atoms with van der Waals surface area (Å²) in [5, 5.41) is 19.9. The maximum absolute atomic E-state index is 12.6. The van der Waals surface area contributed by atoms with Crippen molar-refractivity contribution < 1.29 is 34.1 Å². The number of alkyl carbamates (subject to hydrolysis) is 1. The highest BCUT2D eigenvalue weighted by Crippen LogP contribution is 2.41. The molecule has 0 aromatic heterocycles. The zero-order valence-corrected chi connectivity index (χ0v) is 18.7. The van der Waals surface area contributed by atoms with Crippen LogP contribution in [0.2, 0.25) is 0 Å². The van der Waals surface area contributed by atoms with E-state index in [4.69, 9.17) is 19.7 Å². The number of aliphatic hydroxyl groups excluding tert-OH is 1. The van der Waals surface area contributed by atoms with Crippen LogP contribution in [0.3, 0.4) is 0 Å². The lowest BCUT2D eigenvalue weighted by atomic mass is 9.78. The predicted molar refractivity (Wildman–Crippen MR) is 122 cm³/mol. The van der Waals surface area contributed by atoms with Crippen molar-refractivity contribution in [1.29, 1.82) is 0 Å². The molecule has 0 unspecified atom stereocenters. The summed E-state index contributed by atoms with van der Waals surface area (Å²) >= 11 is 0. The van der Waals surface area contributed by atoms with Gasteiger partial charge in [-0.2, -0.15) is 0 Å². The van der Waals surface area contributed by atoms with Crippen molar-refractivity contribution in [3.05, 3.63) is 77.9 Å². The summed E-state index contributed by atoms with van der Waals surface area (Å²) in [5.74, 6) is -1.05. The smallest absolute Gasteiger partial charge is 0.414 e. The number of rotatable bonds is 11. The molecule has 0 spiro atoms. The van der Waals surface area contributed by atoms with Crippen LogP contribution in [0.4, 0.5) is 4.79 Å². The molecule has 2 aromatic rings. The number of carbonyl (C=O) groups is 3.